The number of halogens is 3. The molecule has 1 saturated heterocycles. The molecule has 144 valence electrons. The zero-order valence-corrected chi connectivity index (χ0v) is 14.5. The molecule has 0 spiro atoms. The van der Waals surface area contributed by atoms with E-state index in [4.69, 9.17) is 9.47 Å². The minimum absolute atomic E-state index is 0.148. The lowest BCUT2D eigenvalue weighted by Crippen LogP contribution is -2.54. The molecule has 1 aliphatic heterocycles. The van der Waals surface area contributed by atoms with Crippen molar-refractivity contribution in [3.8, 4) is 0 Å². The second-order valence-corrected chi connectivity index (χ2v) is 6.41. The standard InChI is InChI=1S/C20H20F3NO3/c21-20(22,23)19(13-17(25)24-14-15-7-3-1-4-8-15)11-12-26-18(27-19)16-9-5-2-6-10-16/h1-10,18H,11-14H2,(H,24,25). The first-order valence-corrected chi connectivity index (χ1v) is 8.61. The van der Waals surface area contributed by atoms with E-state index in [0.29, 0.717) is 5.56 Å². The summed E-state index contributed by atoms with van der Waals surface area (Å²) in [6, 6.07) is 17.4. The van der Waals surface area contributed by atoms with Crippen molar-refractivity contribution in [1.29, 1.82) is 0 Å². The third-order valence-corrected chi connectivity index (χ3v) is 4.47. The summed E-state index contributed by atoms with van der Waals surface area (Å²) in [6.45, 7) is 0.0112. The number of benzene rings is 2. The fourth-order valence-electron chi connectivity index (χ4n) is 2.96. The van der Waals surface area contributed by atoms with E-state index in [1.807, 2.05) is 6.07 Å². The monoisotopic (exact) mass is 379 g/mol. The van der Waals surface area contributed by atoms with Gasteiger partial charge in [-0.05, 0) is 5.56 Å². The number of rotatable bonds is 5. The number of alkyl halides is 3. The summed E-state index contributed by atoms with van der Waals surface area (Å²) >= 11 is 0. The molecule has 2 aromatic carbocycles. The molecule has 1 N–H and O–H groups in total. The summed E-state index contributed by atoms with van der Waals surface area (Å²) in [7, 11) is 0. The maximum Gasteiger partial charge on any atom is 0.418 e. The maximum absolute atomic E-state index is 13.8. The van der Waals surface area contributed by atoms with Gasteiger partial charge in [-0.2, -0.15) is 13.2 Å². The smallest absolute Gasteiger partial charge is 0.352 e. The van der Waals surface area contributed by atoms with Gasteiger partial charge in [0.1, 0.15) is 0 Å². The van der Waals surface area contributed by atoms with Gasteiger partial charge < -0.3 is 14.8 Å². The molecule has 4 nitrogen and oxygen atoms in total. The number of carbonyl (C=O) groups is 1. The van der Waals surface area contributed by atoms with Crippen molar-refractivity contribution >= 4 is 5.91 Å². The molecule has 0 radical (unpaired) electrons. The van der Waals surface area contributed by atoms with E-state index >= 15 is 0 Å². The lowest BCUT2D eigenvalue weighted by Gasteiger charge is -2.41. The number of hydrogen-bond donors (Lipinski definition) is 1. The Balaban J connectivity index is 1.72. The predicted molar refractivity (Wildman–Crippen MR) is 92.5 cm³/mol. The van der Waals surface area contributed by atoms with Crippen LogP contribution in [0.3, 0.4) is 0 Å². The molecule has 27 heavy (non-hydrogen) atoms. The number of carbonyl (C=O) groups excluding carboxylic acids is 1. The van der Waals surface area contributed by atoms with Gasteiger partial charge in [-0.15, -0.1) is 0 Å². The van der Waals surface area contributed by atoms with Crippen LogP contribution in [-0.2, 0) is 20.8 Å². The lowest BCUT2D eigenvalue weighted by molar-refractivity contribution is -0.356. The van der Waals surface area contributed by atoms with E-state index in [1.165, 1.54) is 0 Å². The Hall–Kier alpha value is -2.38. The van der Waals surface area contributed by atoms with Gasteiger partial charge in [0.05, 0.1) is 13.0 Å². The minimum Gasteiger partial charge on any atom is -0.352 e. The van der Waals surface area contributed by atoms with Crippen LogP contribution >= 0.6 is 0 Å². The van der Waals surface area contributed by atoms with Crippen molar-refractivity contribution in [3.63, 3.8) is 0 Å². The average molecular weight is 379 g/mol. The summed E-state index contributed by atoms with van der Waals surface area (Å²) in [6.07, 6.45) is -7.11. The van der Waals surface area contributed by atoms with Crippen LogP contribution in [0.25, 0.3) is 0 Å². The van der Waals surface area contributed by atoms with E-state index in [2.05, 4.69) is 5.32 Å². The molecule has 0 saturated carbocycles. The van der Waals surface area contributed by atoms with E-state index in [0.717, 1.165) is 5.56 Å². The second kappa shape index (κ2) is 8.10. The first-order chi connectivity index (χ1) is 12.9. The van der Waals surface area contributed by atoms with E-state index < -0.39 is 36.8 Å². The molecular weight excluding hydrogens is 359 g/mol. The SMILES string of the molecule is O=C(CC1(C(F)(F)F)CCOC(c2ccccc2)O1)NCc1ccccc1. The van der Waals surface area contributed by atoms with Crippen molar-refractivity contribution in [3.05, 3.63) is 71.8 Å². The fraction of sp³-hybridized carbons (Fsp3) is 0.350. The summed E-state index contributed by atoms with van der Waals surface area (Å²) < 4.78 is 52.3. The molecule has 1 amide bonds. The van der Waals surface area contributed by atoms with Gasteiger partial charge >= 0.3 is 6.18 Å². The van der Waals surface area contributed by atoms with Gasteiger partial charge in [-0.3, -0.25) is 4.79 Å². The average Bonchev–Trinajstić information content (AvgIpc) is 2.67. The van der Waals surface area contributed by atoms with Crippen LogP contribution < -0.4 is 5.32 Å². The van der Waals surface area contributed by atoms with Crippen LogP contribution in [0.4, 0.5) is 13.2 Å². The topological polar surface area (TPSA) is 47.6 Å². The van der Waals surface area contributed by atoms with E-state index in [9.17, 15) is 18.0 Å². The third kappa shape index (κ3) is 4.67. The van der Waals surface area contributed by atoms with Crippen LogP contribution in [0.5, 0.6) is 0 Å². The highest BCUT2D eigenvalue weighted by molar-refractivity contribution is 5.77. The number of hydrogen-bond acceptors (Lipinski definition) is 3. The van der Waals surface area contributed by atoms with Crippen LogP contribution in [0, 0.1) is 0 Å². The molecule has 1 fully saturated rings. The van der Waals surface area contributed by atoms with Crippen LogP contribution in [0.2, 0.25) is 0 Å². The van der Waals surface area contributed by atoms with E-state index in [1.54, 1.807) is 54.6 Å². The molecule has 3 rings (SSSR count). The Kier molecular flexibility index (Phi) is 5.82. The minimum atomic E-state index is -4.70. The second-order valence-electron chi connectivity index (χ2n) is 6.41. The molecule has 1 heterocycles. The van der Waals surface area contributed by atoms with Crippen molar-refractivity contribution in [2.45, 2.75) is 37.5 Å². The molecule has 7 heteroatoms. The lowest BCUT2D eigenvalue weighted by atomic mass is 9.92. The summed E-state index contributed by atoms with van der Waals surface area (Å²) in [5, 5.41) is 2.54. The summed E-state index contributed by atoms with van der Waals surface area (Å²) in [4.78, 5) is 12.2. The first-order valence-electron chi connectivity index (χ1n) is 8.61. The number of ether oxygens (including phenoxy) is 2. The van der Waals surface area contributed by atoms with Crippen LogP contribution in [-0.4, -0.2) is 24.3 Å². The zero-order chi connectivity index (χ0) is 19.3. The van der Waals surface area contributed by atoms with Crippen LogP contribution in [0.1, 0.15) is 30.3 Å². The highest BCUT2D eigenvalue weighted by atomic mass is 19.4. The largest absolute Gasteiger partial charge is 0.418 e. The normalized spacial score (nSPS) is 23.0. The predicted octanol–water partition coefficient (Wildman–Crippen LogP) is 4.13. The molecule has 2 unspecified atom stereocenters. The van der Waals surface area contributed by atoms with Crippen molar-refractivity contribution in [1.82, 2.24) is 5.32 Å². The van der Waals surface area contributed by atoms with Gasteiger partial charge in [0.15, 0.2) is 11.9 Å². The van der Waals surface area contributed by atoms with Gasteiger partial charge in [-0.25, -0.2) is 0 Å². The quantitative estimate of drug-likeness (QED) is 0.850. The molecule has 0 aromatic heterocycles. The van der Waals surface area contributed by atoms with Crippen molar-refractivity contribution < 1.29 is 27.4 Å². The summed E-state index contributed by atoms with van der Waals surface area (Å²) in [5.74, 6) is -0.718. The van der Waals surface area contributed by atoms with Crippen molar-refractivity contribution in [2.75, 3.05) is 6.61 Å². The van der Waals surface area contributed by atoms with Gasteiger partial charge in [0.2, 0.25) is 5.91 Å². The van der Waals surface area contributed by atoms with Gasteiger partial charge in [0.25, 0.3) is 0 Å². The summed E-state index contributed by atoms with van der Waals surface area (Å²) in [5.41, 5.74) is -1.29. The van der Waals surface area contributed by atoms with E-state index in [-0.39, 0.29) is 13.2 Å². The Morgan fingerprint density at radius 1 is 1.07 bits per heavy atom. The molecule has 0 aliphatic carbocycles. The van der Waals surface area contributed by atoms with Crippen molar-refractivity contribution in [2.24, 2.45) is 0 Å². The molecular formula is C20H20F3NO3. The highest BCUT2D eigenvalue weighted by Gasteiger charge is 2.59. The maximum atomic E-state index is 13.8. The highest BCUT2D eigenvalue weighted by Crippen LogP contribution is 2.45. The Labute approximate surface area is 155 Å². The Morgan fingerprint density at radius 3 is 2.33 bits per heavy atom. The van der Waals surface area contributed by atoms with Crippen LogP contribution in [0.15, 0.2) is 60.7 Å². The first kappa shape index (κ1) is 19.4. The van der Waals surface area contributed by atoms with Gasteiger partial charge in [0, 0.05) is 18.5 Å². The third-order valence-electron chi connectivity index (χ3n) is 4.47. The fourth-order valence-corrected chi connectivity index (χ4v) is 2.96. The Bertz CT molecular complexity index is 752. The molecule has 2 aromatic rings. The molecule has 0 bridgehead atoms. The molecule has 1 aliphatic rings. The van der Waals surface area contributed by atoms with Gasteiger partial charge in [-0.1, -0.05) is 60.7 Å². The number of amides is 1. The zero-order valence-electron chi connectivity index (χ0n) is 14.5. The molecule has 2 atom stereocenters. The number of nitrogens with one attached hydrogen (secondary N) is 1. The Morgan fingerprint density at radius 2 is 1.70 bits per heavy atom.